The fraction of sp³-hybridized carbons (Fsp3) is 0.235. The molecule has 2 aromatic rings. The maximum atomic E-state index is 12.2. The maximum Gasteiger partial charge on any atom is 0.331 e. The maximum absolute atomic E-state index is 12.2. The van der Waals surface area contributed by atoms with Crippen molar-refractivity contribution in [2.75, 3.05) is 14.2 Å². The molecule has 1 aliphatic rings. The van der Waals surface area contributed by atoms with Crippen molar-refractivity contribution in [3.8, 4) is 0 Å². The number of ether oxygens (including phenoxy) is 2. The third-order valence-electron chi connectivity index (χ3n) is 3.90. The minimum absolute atomic E-state index is 0.445. The van der Waals surface area contributed by atoms with Crippen LogP contribution in [0, 0.1) is 5.92 Å². The largest absolute Gasteiger partial charge is 0.468 e. The zero-order valence-corrected chi connectivity index (χ0v) is 13.1. The Morgan fingerprint density at radius 3 is 2.62 bits per heavy atom. The van der Waals surface area contributed by atoms with Crippen LogP contribution >= 0.6 is 0 Å². The van der Waals surface area contributed by atoms with Crippen molar-refractivity contribution in [2.45, 2.75) is 6.04 Å². The molecule has 24 heavy (non-hydrogen) atoms. The van der Waals surface area contributed by atoms with Gasteiger partial charge in [-0.05, 0) is 12.1 Å². The average Bonchev–Trinajstić information content (AvgIpc) is 3.01. The molecule has 1 fully saturated rings. The SMILES string of the molecule is COC(=O)/C=C/N1C(=O)[C@H](C(=O)OC)[C@H]1c1cc2ccccc2o1. The van der Waals surface area contributed by atoms with Crippen LogP contribution in [-0.4, -0.2) is 37.0 Å². The van der Waals surface area contributed by atoms with Gasteiger partial charge in [-0.15, -0.1) is 0 Å². The zero-order valence-electron chi connectivity index (χ0n) is 13.1. The number of hydrogen-bond donors (Lipinski definition) is 0. The Labute approximate surface area is 137 Å². The summed E-state index contributed by atoms with van der Waals surface area (Å²) in [5, 5.41) is 0.854. The number of carbonyl (C=O) groups excluding carboxylic acids is 3. The molecule has 1 aromatic carbocycles. The van der Waals surface area contributed by atoms with Crippen molar-refractivity contribution in [1.82, 2.24) is 4.90 Å². The van der Waals surface area contributed by atoms with Crippen LogP contribution in [0.4, 0.5) is 0 Å². The van der Waals surface area contributed by atoms with E-state index in [1.165, 1.54) is 25.3 Å². The van der Waals surface area contributed by atoms with Gasteiger partial charge in [0.25, 0.3) is 0 Å². The van der Waals surface area contributed by atoms with E-state index >= 15 is 0 Å². The third kappa shape index (κ3) is 2.54. The minimum atomic E-state index is -1.00. The fourth-order valence-corrected chi connectivity index (χ4v) is 2.69. The Balaban J connectivity index is 1.97. The van der Waals surface area contributed by atoms with E-state index in [2.05, 4.69) is 4.74 Å². The molecule has 7 heteroatoms. The van der Waals surface area contributed by atoms with Crippen LogP contribution in [0.2, 0.25) is 0 Å². The second kappa shape index (κ2) is 6.19. The fourth-order valence-electron chi connectivity index (χ4n) is 2.69. The van der Waals surface area contributed by atoms with Gasteiger partial charge >= 0.3 is 11.9 Å². The van der Waals surface area contributed by atoms with Crippen molar-refractivity contribution < 1.29 is 28.3 Å². The normalized spacial score (nSPS) is 20.2. The van der Waals surface area contributed by atoms with Crippen LogP contribution in [0.1, 0.15) is 11.8 Å². The van der Waals surface area contributed by atoms with E-state index in [0.29, 0.717) is 11.3 Å². The smallest absolute Gasteiger partial charge is 0.331 e. The van der Waals surface area contributed by atoms with Gasteiger partial charge in [0.1, 0.15) is 17.4 Å². The van der Waals surface area contributed by atoms with Gasteiger partial charge in [0.05, 0.1) is 14.2 Å². The molecule has 0 spiro atoms. The molecule has 3 rings (SSSR count). The first-order chi connectivity index (χ1) is 11.6. The van der Waals surface area contributed by atoms with Gasteiger partial charge in [0.15, 0.2) is 5.92 Å². The summed E-state index contributed by atoms with van der Waals surface area (Å²) in [6.45, 7) is 0. The van der Waals surface area contributed by atoms with Crippen LogP contribution in [0.25, 0.3) is 11.0 Å². The molecular weight excluding hydrogens is 314 g/mol. The lowest BCUT2D eigenvalue weighted by Crippen LogP contribution is -2.55. The number of β-lactam (4-membered cyclic amide) rings is 1. The Hall–Kier alpha value is -3.09. The summed E-state index contributed by atoms with van der Waals surface area (Å²) < 4.78 is 15.0. The van der Waals surface area contributed by atoms with E-state index in [4.69, 9.17) is 9.15 Å². The van der Waals surface area contributed by atoms with Gasteiger partial charge in [-0.1, -0.05) is 18.2 Å². The second-order valence-corrected chi connectivity index (χ2v) is 5.22. The molecule has 1 aliphatic heterocycles. The molecule has 0 unspecified atom stereocenters. The van der Waals surface area contributed by atoms with Crippen molar-refractivity contribution in [2.24, 2.45) is 5.92 Å². The Morgan fingerprint density at radius 2 is 1.96 bits per heavy atom. The number of nitrogens with zero attached hydrogens (tertiary/aromatic N) is 1. The first kappa shape index (κ1) is 15.8. The number of likely N-dealkylation sites (tertiary alicyclic amines) is 1. The number of hydrogen-bond acceptors (Lipinski definition) is 6. The highest BCUT2D eigenvalue weighted by atomic mass is 16.5. The monoisotopic (exact) mass is 329 g/mol. The highest BCUT2D eigenvalue weighted by Gasteiger charge is 2.54. The van der Waals surface area contributed by atoms with Gasteiger partial charge < -0.3 is 18.8 Å². The Kier molecular flexibility index (Phi) is 4.07. The lowest BCUT2D eigenvalue weighted by Gasteiger charge is -2.42. The number of para-hydroxylation sites is 1. The number of carbonyl (C=O) groups is 3. The molecule has 0 N–H and O–H groups in total. The average molecular weight is 329 g/mol. The predicted molar refractivity (Wildman–Crippen MR) is 82.5 cm³/mol. The topological polar surface area (TPSA) is 86.0 Å². The number of fused-ring (bicyclic) bond motifs is 1. The molecule has 2 atom stereocenters. The van der Waals surface area contributed by atoms with Gasteiger partial charge in [0, 0.05) is 17.7 Å². The summed E-state index contributed by atoms with van der Waals surface area (Å²) in [6.07, 6.45) is 2.40. The summed E-state index contributed by atoms with van der Waals surface area (Å²) in [6, 6.07) is 8.44. The minimum Gasteiger partial charge on any atom is -0.468 e. The van der Waals surface area contributed by atoms with Crippen molar-refractivity contribution in [3.63, 3.8) is 0 Å². The second-order valence-electron chi connectivity index (χ2n) is 5.22. The van der Waals surface area contributed by atoms with Crippen LogP contribution in [0.15, 0.2) is 47.0 Å². The van der Waals surface area contributed by atoms with Crippen molar-refractivity contribution >= 4 is 28.8 Å². The highest BCUT2D eigenvalue weighted by Crippen LogP contribution is 2.42. The molecule has 0 saturated carbocycles. The van der Waals surface area contributed by atoms with Crippen LogP contribution in [-0.2, 0) is 23.9 Å². The molecule has 1 aromatic heterocycles. The number of furan rings is 1. The van der Waals surface area contributed by atoms with E-state index in [1.807, 2.05) is 18.2 Å². The van der Waals surface area contributed by atoms with Crippen LogP contribution < -0.4 is 0 Å². The molecular formula is C17H15NO6. The number of benzene rings is 1. The standard InChI is InChI=1S/C17H15NO6/c1-22-13(19)7-8-18-15(14(16(18)20)17(21)23-2)12-9-10-5-3-4-6-11(10)24-12/h3-9,14-15H,1-2H3/b8-7+/t14-,15-/m1/s1. The Bertz CT molecular complexity index is 803. The van der Waals surface area contributed by atoms with E-state index < -0.39 is 29.8 Å². The molecule has 1 amide bonds. The van der Waals surface area contributed by atoms with Crippen molar-refractivity contribution in [3.05, 3.63) is 48.4 Å². The van der Waals surface area contributed by atoms with Gasteiger partial charge in [-0.2, -0.15) is 0 Å². The third-order valence-corrected chi connectivity index (χ3v) is 3.90. The number of amides is 1. The summed E-state index contributed by atoms with van der Waals surface area (Å²) in [4.78, 5) is 36.7. The van der Waals surface area contributed by atoms with E-state index in [1.54, 1.807) is 12.1 Å². The molecule has 7 nitrogen and oxygen atoms in total. The molecule has 0 bridgehead atoms. The van der Waals surface area contributed by atoms with Gasteiger partial charge in [0.2, 0.25) is 5.91 Å². The first-order valence-corrected chi connectivity index (χ1v) is 7.21. The quantitative estimate of drug-likeness (QED) is 0.368. The molecule has 0 aliphatic carbocycles. The Morgan fingerprint density at radius 1 is 1.21 bits per heavy atom. The van der Waals surface area contributed by atoms with Gasteiger partial charge in [-0.25, -0.2) is 4.79 Å². The highest BCUT2D eigenvalue weighted by molar-refractivity contribution is 6.04. The number of methoxy groups -OCH3 is 2. The summed E-state index contributed by atoms with van der Waals surface area (Å²) in [5.41, 5.74) is 0.646. The van der Waals surface area contributed by atoms with Gasteiger partial charge in [-0.3, -0.25) is 9.59 Å². The first-order valence-electron chi connectivity index (χ1n) is 7.21. The zero-order chi connectivity index (χ0) is 17.3. The summed E-state index contributed by atoms with van der Waals surface area (Å²) in [7, 11) is 2.46. The molecule has 1 saturated heterocycles. The number of rotatable bonds is 4. The van der Waals surface area contributed by atoms with E-state index in [9.17, 15) is 14.4 Å². The summed E-state index contributed by atoms with van der Waals surface area (Å²) in [5.74, 6) is -2.27. The van der Waals surface area contributed by atoms with Crippen LogP contribution in [0.5, 0.6) is 0 Å². The predicted octanol–water partition coefficient (Wildman–Crippen LogP) is 1.79. The number of esters is 2. The summed E-state index contributed by atoms with van der Waals surface area (Å²) >= 11 is 0. The van der Waals surface area contributed by atoms with E-state index in [-0.39, 0.29) is 0 Å². The molecule has 124 valence electrons. The van der Waals surface area contributed by atoms with Crippen molar-refractivity contribution in [1.29, 1.82) is 0 Å². The lowest BCUT2D eigenvalue weighted by atomic mass is 9.86. The van der Waals surface area contributed by atoms with E-state index in [0.717, 1.165) is 11.5 Å². The lowest BCUT2D eigenvalue weighted by molar-refractivity contribution is -0.169. The molecule has 0 radical (unpaired) electrons. The molecule has 2 heterocycles. The van der Waals surface area contributed by atoms with Crippen LogP contribution in [0.3, 0.4) is 0 Å².